The lowest BCUT2D eigenvalue weighted by Gasteiger charge is -2.17. The van der Waals surface area contributed by atoms with E-state index >= 15 is 0 Å². The van der Waals surface area contributed by atoms with Crippen LogP contribution in [0.15, 0.2) is 5.38 Å². The van der Waals surface area contributed by atoms with Crippen LogP contribution in [0, 0.1) is 12.3 Å². The topological polar surface area (TPSA) is 66.4 Å². The number of aromatic carboxylic acids is 1. The Morgan fingerprint density at radius 1 is 1.41 bits per heavy atom. The molecule has 1 aromatic heterocycles. The molecule has 1 rings (SSSR count). The third-order valence-electron chi connectivity index (χ3n) is 2.12. The maximum absolute atomic E-state index is 11.8. The molecule has 0 radical (unpaired) electrons. The number of hydrogen-bond acceptors (Lipinski definition) is 3. The van der Waals surface area contributed by atoms with E-state index in [1.165, 1.54) is 0 Å². The number of amides is 1. The maximum Gasteiger partial charge on any atom is 0.348 e. The van der Waals surface area contributed by atoms with E-state index in [-0.39, 0.29) is 16.2 Å². The number of anilines is 1. The molecule has 0 saturated heterocycles. The number of carbonyl (C=O) groups excluding carboxylic acids is 1. The summed E-state index contributed by atoms with van der Waals surface area (Å²) < 4.78 is 0. The molecule has 0 fully saturated rings. The van der Waals surface area contributed by atoms with Gasteiger partial charge < -0.3 is 10.4 Å². The number of aryl methyl sites for hydroxylation is 1. The third kappa shape index (κ3) is 3.85. The van der Waals surface area contributed by atoms with Crippen LogP contribution in [-0.4, -0.2) is 17.0 Å². The Bertz CT molecular complexity index is 443. The third-order valence-corrected chi connectivity index (χ3v) is 3.21. The minimum Gasteiger partial charge on any atom is -0.477 e. The highest BCUT2D eigenvalue weighted by Gasteiger charge is 2.20. The predicted octanol–water partition coefficient (Wildman–Crippen LogP) is 3.13. The van der Waals surface area contributed by atoms with E-state index in [4.69, 9.17) is 5.11 Å². The van der Waals surface area contributed by atoms with Crippen LogP contribution in [0.5, 0.6) is 0 Å². The Hall–Kier alpha value is -1.36. The summed E-state index contributed by atoms with van der Waals surface area (Å²) in [6.07, 6.45) is 0.362. The molecule has 0 spiro atoms. The van der Waals surface area contributed by atoms with Gasteiger partial charge in [0, 0.05) is 6.42 Å². The van der Waals surface area contributed by atoms with Gasteiger partial charge in [-0.3, -0.25) is 4.79 Å². The van der Waals surface area contributed by atoms with Gasteiger partial charge in [-0.2, -0.15) is 0 Å². The molecule has 5 heteroatoms. The van der Waals surface area contributed by atoms with E-state index < -0.39 is 5.97 Å². The highest BCUT2D eigenvalue weighted by atomic mass is 32.1. The summed E-state index contributed by atoms with van der Waals surface area (Å²) in [4.78, 5) is 22.9. The number of hydrogen-bond donors (Lipinski definition) is 2. The van der Waals surface area contributed by atoms with E-state index in [1.807, 2.05) is 20.8 Å². The molecule has 1 amide bonds. The zero-order chi connectivity index (χ0) is 13.2. The van der Waals surface area contributed by atoms with Gasteiger partial charge >= 0.3 is 5.97 Å². The quantitative estimate of drug-likeness (QED) is 0.872. The SMILES string of the molecule is Cc1csc(C(=O)O)c1NC(=O)CC(C)(C)C. The molecule has 1 heterocycles. The lowest BCUT2D eigenvalue weighted by molar-refractivity contribution is -0.117. The molecule has 0 aliphatic carbocycles. The average Bonchev–Trinajstić information content (AvgIpc) is 2.44. The zero-order valence-electron chi connectivity index (χ0n) is 10.5. The lowest BCUT2D eigenvalue weighted by Crippen LogP contribution is -2.20. The van der Waals surface area contributed by atoms with Crippen molar-refractivity contribution in [3.8, 4) is 0 Å². The second-order valence-electron chi connectivity index (χ2n) is 5.21. The Labute approximate surface area is 105 Å². The van der Waals surface area contributed by atoms with E-state index in [1.54, 1.807) is 12.3 Å². The van der Waals surface area contributed by atoms with Gasteiger partial charge in [0.05, 0.1) is 5.69 Å². The van der Waals surface area contributed by atoms with E-state index in [9.17, 15) is 9.59 Å². The summed E-state index contributed by atoms with van der Waals surface area (Å²) in [5, 5.41) is 13.4. The lowest BCUT2D eigenvalue weighted by atomic mass is 9.92. The van der Waals surface area contributed by atoms with Crippen molar-refractivity contribution in [2.45, 2.75) is 34.1 Å². The second-order valence-corrected chi connectivity index (χ2v) is 6.09. The van der Waals surface area contributed by atoms with E-state index in [0.29, 0.717) is 12.1 Å². The van der Waals surface area contributed by atoms with Crippen LogP contribution in [0.25, 0.3) is 0 Å². The largest absolute Gasteiger partial charge is 0.477 e. The van der Waals surface area contributed by atoms with Crippen LogP contribution in [0.4, 0.5) is 5.69 Å². The molecular formula is C12H17NO3S. The monoisotopic (exact) mass is 255 g/mol. The molecule has 0 aliphatic heterocycles. The first-order chi connectivity index (χ1) is 7.70. The van der Waals surface area contributed by atoms with Crippen molar-refractivity contribution in [1.82, 2.24) is 0 Å². The average molecular weight is 255 g/mol. The van der Waals surface area contributed by atoms with Gasteiger partial charge in [0.2, 0.25) is 5.91 Å². The van der Waals surface area contributed by atoms with Crippen LogP contribution in [0.1, 0.15) is 42.4 Å². The van der Waals surface area contributed by atoms with Crippen LogP contribution in [0.2, 0.25) is 0 Å². The number of nitrogens with one attached hydrogen (secondary N) is 1. The summed E-state index contributed by atoms with van der Waals surface area (Å²) in [7, 11) is 0. The molecule has 0 bridgehead atoms. The van der Waals surface area contributed by atoms with Crippen molar-refractivity contribution in [3.63, 3.8) is 0 Å². The number of carboxylic acid groups (broad SMARTS) is 1. The number of carboxylic acids is 1. The molecule has 0 aromatic carbocycles. The van der Waals surface area contributed by atoms with Crippen LogP contribution >= 0.6 is 11.3 Å². The Morgan fingerprint density at radius 3 is 2.47 bits per heavy atom. The van der Waals surface area contributed by atoms with Gasteiger partial charge in [-0.05, 0) is 23.3 Å². The fourth-order valence-corrected chi connectivity index (χ4v) is 2.27. The molecule has 0 aliphatic rings. The van der Waals surface area contributed by atoms with Crippen molar-refractivity contribution >= 4 is 28.9 Å². The highest BCUT2D eigenvalue weighted by molar-refractivity contribution is 7.12. The van der Waals surface area contributed by atoms with Gasteiger partial charge in [-0.1, -0.05) is 20.8 Å². The smallest absolute Gasteiger partial charge is 0.348 e. The maximum atomic E-state index is 11.8. The molecule has 0 unspecified atom stereocenters. The van der Waals surface area contributed by atoms with Crippen LogP contribution < -0.4 is 5.32 Å². The van der Waals surface area contributed by atoms with Crippen molar-refractivity contribution in [1.29, 1.82) is 0 Å². The fraction of sp³-hybridized carbons (Fsp3) is 0.500. The van der Waals surface area contributed by atoms with E-state index in [0.717, 1.165) is 16.9 Å². The molecule has 94 valence electrons. The second kappa shape index (κ2) is 4.87. The minimum absolute atomic E-state index is 0.114. The number of thiophene rings is 1. The van der Waals surface area contributed by atoms with Crippen molar-refractivity contribution in [2.24, 2.45) is 5.41 Å². The summed E-state index contributed by atoms with van der Waals surface area (Å²) in [6, 6.07) is 0. The Morgan fingerprint density at radius 2 is 2.00 bits per heavy atom. The number of carbonyl (C=O) groups is 2. The predicted molar refractivity (Wildman–Crippen MR) is 68.7 cm³/mol. The Balaban J connectivity index is 2.85. The molecule has 1 aromatic rings. The van der Waals surface area contributed by atoms with Crippen LogP contribution in [-0.2, 0) is 4.79 Å². The first kappa shape index (κ1) is 13.7. The first-order valence-corrected chi connectivity index (χ1v) is 6.20. The molecule has 17 heavy (non-hydrogen) atoms. The fourth-order valence-electron chi connectivity index (χ4n) is 1.42. The molecular weight excluding hydrogens is 238 g/mol. The summed E-state index contributed by atoms with van der Waals surface area (Å²) >= 11 is 1.13. The summed E-state index contributed by atoms with van der Waals surface area (Å²) in [5.41, 5.74) is 1.10. The van der Waals surface area contributed by atoms with Gasteiger partial charge in [0.25, 0.3) is 0 Å². The van der Waals surface area contributed by atoms with Crippen LogP contribution in [0.3, 0.4) is 0 Å². The Kier molecular flexibility index (Phi) is 3.93. The van der Waals surface area contributed by atoms with Gasteiger partial charge in [0.1, 0.15) is 4.88 Å². The normalized spacial score (nSPS) is 11.3. The summed E-state index contributed by atoms with van der Waals surface area (Å²) in [5.74, 6) is -1.16. The first-order valence-electron chi connectivity index (χ1n) is 5.32. The van der Waals surface area contributed by atoms with Crippen molar-refractivity contribution < 1.29 is 14.7 Å². The number of rotatable bonds is 3. The van der Waals surface area contributed by atoms with Crippen molar-refractivity contribution in [2.75, 3.05) is 5.32 Å². The van der Waals surface area contributed by atoms with Crippen molar-refractivity contribution in [3.05, 3.63) is 15.8 Å². The molecule has 2 N–H and O–H groups in total. The van der Waals surface area contributed by atoms with Gasteiger partial charge in [0.15, 0.2) is 0 Å². The van der Waals surface area contributed by atoms with Gasteiger partial charge in [-0.25, -0.2) is 4.79 Å². The zero-order valence-corrected chi connectivity index (χ0v) is 11.3. The summed E-state index contributed by atoms with van der Waals surface area (Å²) in [6.45, 7) is 7.68. The minimum atomic E-state index is -1.01. The van der Waals surface area contributed by atoms with Gasteiger partial charge in [-0.15, -0.1) is 11.3 Å². The standard InChI is InChI=1S/C12H17NO3S/c1-7-6-17-10(11(15)16)9(7)13-8(14)5-12(2,3)4/h6H,5H2,1-4H3,(H,13,14)(H,15,16). The molecule has 0 saturated carbocycles. The molecule has 0 atom stereocenters. The molecule has 4 nitrogen and oxygen atoms in total. The highest BCUT2D eigenvalue weighted by Crippen LogP contribution is 2.28. The van der Waals surface area contributed by atoms with E-state index in [2.05, 4.69) is 5.32 Å².